The van der Waals surface area contributed by atoms with Crippen molar-refractivity contribution in [2.24, 2.45) is 0 Å². The first-order valence-electron chi connectivity index (χ1n) is 14.6. The van der Waals surface area contributed by atoms with Gasteiger partial charge in [-0.15, -0.1) is 0 Å². The number of hydrogen-bond acceptors (Lipinski definition) is 4. The van der Waals surface area contributed by atoms with E-state index in [1.165, 1.54) is 83.5 Å². The van der Waals surface area contributed by atoms with Gasteiger partial charge >= 0.3 is 0 Å². The lowest BCUT2D eigenvalue weighted by Gasteiger charge is -2.39. The lowest BCUT2D eigenvalue weighted by molar-refractivity contribution is -0.906. The Morgan fingerprint density at radius 3 is 1.49 bits per heavy atom. The molecule has 35 heavy (non-hydrogen) atoms. The van der Waals surface area contributed by atoms with Gasteiger partial charge in [0.2, 0.25) is 0 Å². The first-order valence-corrected chi connectivity index (χ1v) is 17.5. The van der Waals surface area contributed by atoms with Gasteiger partial charge in [0, 0.05) is 5.97 Å². The minimum absolute atomic E-state index is 0.216. The van der Waals surface area contributed by atoms with E-state index in [0.29, 0.717) is 6.73 Å². The Hall–Kier alpha value is -0.433. The van der Waals surface area contributed by atoms with Gasteiger partial charge in [-0.1, -0.05) is 118 Å². The van der Waals surface area contributed by atoms with E-state index in [4.69, 9.17) is 9.53 Å². The number of carboxylic acids is 1. The molecule has 0 atom stereocenters. The van der Waals surface area contributed by atoms with Crippen LogP contribution in [0.1, 0.15) is 130 Å². The molecule has 0 aromatic heterocycles. The minimum atomic E-state index is -1.64. The lowest BCUT2D eigenvalue weighted by Crippen LogP contribution is -2.50. The van der Waals surface area contributed by atoms with E-state index < -0.39 is 14.3 Å². The summed E-state index contributed by atoms with van der Waals surface area (Å²) in [6.45, 7) is 15.2. The van der Waals surface area contributed by atoms with Crippen LogP contribution in [0, 0.1) is 0 Å². The van der Waals surface area contributed by atoms with E-state index in [9.17, 15) is 9.90 Å². The number of unbranched alkanes of at least 4 members (excludes halogenated alkanes) is 14. The largest absolute Gasteiger partial charge is 0.550 e. The number of carbonyl (C=O) groups excluding carboxylic acids is 1. The van der Waals surface area contributed by atoms with Crippen LogP contribution in [0.3, 0.4) is 0 Å². The van der Waals surface area contributed by atoms with E-state index in [-0.39, 0.29) is 18.1 Å². The van der Waals surface area contributed by atoms with Crippen LogP contribution in [-0.2, 0) is 9.22 Å². The molecule has 0 amide bonds. The summed E-state index contributed by atoms with van der Waals surface area (Å²) in [4.78, 5) is 10.2. The Balaban J connectivity index is 0. The van der Waals surface area contributed by atoms with E-state index in [1.54, 1.807) is 0 Å². The van der Waals surface area contributed by atoms with Gasteiger partial charge in [0.05, 0.1) is 20.7 Å². The van der Waals surface area contributed by atoms with Crippen LogP contribution in [0.2, 0.25) is 18.1 Å². The van der Waals surface area contributed by atoms with Gasteiger partial charge in [-0.05, 0) is 31.0 Å². The molecule has 5 nitrogen and oxygen atoms in total. The zero-order valence-corrected chi connectivity index (χ0v) is 26.1. The van der Waals surface area contributed by atoms with Gasteiger partial charge in [-0.2, -0.15) is 0 Å². The first kappa shape index (κ1) is 36.7. The van der Waals surface area contributed by atoms with Crippen molar-refractivity contribution < 1.29 is 23.9 Å². The molecule has 0 saturated carbocycles. The van der Waals surface area contributed by atoms with Gasteiger partial charge in [-0.25, -0.2) is 0 Å². The van der Waals surface area contributed by atoms with E-state index in [2.05, 4.69) is 54.9 Å². The van der Waals surface area contributed by atoms with E-state index in [0.717, 1.165) is 23.9 Å². The fourth-order valence-corrected chi connectivity index (χ4v) is 4.63. The molecule has 212 valence electrons. The second kappa shape index (κ2) is 21.6. The van der Waals surface area contributed by atoms with Crippen LogP contribution in [0.5, 0.6) is 0 Å². The first-order chi connectivity index (χ1) is 16.3. The molecule has 0 fully saturated rings. The third kappa shape index (κ3) is 25.0. The van der Waals surface area contributed by atoms with Crippen molar-refractivity contribution >= 4 is 14.3 Å². The molecule has 0 aromatic carbocycles. The van der Waals surface area contributed by atoms with Gasteiger partial charge in [0.15, 0.2) is 15.0 Å². The number of carboxylic acid groups (broad SMARTS) is 1. The van der Waals surface area contributed by atoms with Crippen molar-refractivity contribution in [3.63, 3.8) is 0 Å². The van der Waals surface area contributed by atoms with Crippen molar-refractivity contribution in [2.45, 2.75) is 149 Å². The maximum absolute atomic E-state index is 10.2. The summed E-state index contributed by atoms with van der Waals surface area (Å²) >= 11 is 0. The molecule has 0 rings (SSSR count). The average Bonchev–Trinajstić information content (AvgIpc) is 2.75. The number of likely N-dealkylation sites (N-methyl/N-ethyl adjacent to an activating group) is 1. The third-order valence-electron chi connectivity index (χ3n) is 7.27. The molecule has 0 aliphatic carbocycles. The Labute approximate surface area is 220 Å². The molecule has 6 heteroatoms. The predicted octanol–water partition coefficient (Wildman–Crippen LogP) is 7.03. The molecular weight excluding hydrogens is 454 g/mol. The van der Waals surface area contributed by atoms with Gasteiger partial charge in [0.1, 0.15) is 6.54 Å². The number of aliphatic hydroxyl groups is 1. The Bertz CT molecular complexity index is 490. The van der Waals surface area contributed by atoms with Crippen LogP contribution in [0.15, 0.2) is 0 Å². The number of carbonyl (C=O) groups is 1. The third-order valence-corrected chi connectivity index (χ3v) is 11.7. The summed E-state index contributed by atoms with van der Waals surface area (Å²) in [5.41, 5.74) is 0. The molecular formula is C29H63NO4Si. The molecule has 0 unspecified atom stereocenters. The molecule has 0 radical (unpaired) electrons. The number of rotatable bonds is 21. The second-order valence-electron chi connectivity index (χ2n) is 12.5. The molecule has 0 spiro atoms. The molecule has 0 heterocycles. The van der Waals surface area contributed by atoms with Crippen LogP contribution >= 0.6 is 0 Å². The molecule has 0 bridgehead atoms. The minimum Gasteiger partial charge on any atom is -0.550 e. The van der Waals surface area contributed by atoms with E-state index >= 15 is 0 Å². The number of aliphatic hydroxyl groups excluding tert-OH is 1. The smallest absolute Gasteiger partial charge is 0.199 e. The highest BCUT2D eigenvalue weighted by molar-refractivity contribution is 6.74. The van der Waals surface area contributed by atoms with E-state index in [1.807, 2.05) is 0 Å². The maximum atomic E-state index is 10.2. The van der Waals surface area contributed by atoms with Gasteiger partial charge < -0.3 is 23.9 Å². The fourth-order valence-electron chi connectivity index (χ4n) is 3.53. The van der Waals surface area contributed by atoms with Crippen molar-refractivity contribution in [1.29, 1.82) is 0 Å². The van der Waals surface area contributed by atoms with Crippen molar-refractivity contribution in [3.05, 3.63) is 0 Å². The monoisotopic (exact) mass is 517 g/mol. The summed E-state index contributed by atoms with van der Waals surface area (Å²) in [6, 6.07) is 0. The zero-order chi connectivity index (χ0) is 27.2. The van der Waals surface area contributed by atoms with Crippen molar-refractivity contribution in [1.82, 2.24) is 0 Å². The van der Waals surface area contributed by atoms with Crippen LogP contribution in [0.25, 0.3) is 0 Å². The maximum Gasteiger partial charge on any atom is 0.199 e. The van der Waals surface area contributed by atoms with Crippen LogP contribution in [0.4, 0.5) is 0 Å². The summed E-state index contributed by atoms with van der Waals surface area (Å²) < 4.78 is 6.84. The SMILES string of the molecule is CC(C)(C)[Si](C)(C)OC[N+](C)(C)CCO.CCCCCCCCCCCCCCCCCC(=O)[O-]. The quantitative estimate of drug-likeness (QED) is 0.0767. The predicted molar refractivity (Wildman–Crippen MR) is 152 cm³/mol. The molecule has 0 aliphatic rings. The fraction of sp³-hybridized carbons (Fsp3) is 0.966. The molecule has 1 N–H and O–H groups in total. The van der Waals surface area contributed by atoms with Gasteiger partial charge in [0.25, 0.3) is 0 Å². The number of quaternary nitrogens is 1. The molecule has 0 aliphatic heterocycles. The van der Waals surface area contributed by atoms with Crippen LogP contribution in [-0.4, -0.2) is 57.9 Å². The van der Waals surface area contributed by atoms with Crippen molar-refractivity contribution in [3.8, 4) is 0 Å². The Morgan fingerprint density at radius 1 is 0.800 bits per heavy atom. The summed E-state index contributed by atoms with van der Waals surface area (Å²) in [7, 11) is 2.53. The highest BCUT2D eigenvalue weighted by atomic mass is 28.4. The highest BCUT2D eigenvalue weighted by Crippen LogP contribution is 2.36. The molecule has 0 aromatic rings. The summed E-state index contributed by atoms with van der Waals surface area (Å²) in [6.07, 6.45) is 19.9. The summed E-state index contributed by atoms with van der Waals surface area (Å²) in [5.74, 6) is -0.903. The van der Waals surface area contributed by atoms with Gasteiger partial charge in [-0.3, -0.25) is 0 Å². The highest BCUT2D eigenvalue weighted by Gasteiger charge is 2.38. The Kier molecular flexibility index (Phi) is 22.7. The van der Waals surface area contributed by atoms with Crippen LogP contribution < -0.4 is 5.11 Å². The number of hydrogen-bond donors (Lipinski definition) is 1. The average molecular weight is 518 g/mol. The number of aliphatic carboxylic acids is 1. The van der Waals surface area contributed by atoms with Crippen molar-refractivity contribution in [2.75, 3.05) is 34.0 Å². The normalized spacial score (nSPS) is 12.4. The topological polar surface area (TPSA) is 69.6 Å². The molecule has 0 saturated heterocycles. The lowest BCUT2D eigenvalue weighted by atomic mass is 10.0. The number of nitrogens with zero attached hydrogens (tertiary/aromatic N) is 1. The summed E-state index contributed by atoms with van der Waals surface area (Å²) in [5, 5.41) is 19.4. The standard InChI is InChI=1S/C18H36O2.C11H28NO2Si/c1-2-3-4-5-6-7-8-9-10-11-12-13-14-15-16-17-18(19)20;1-11(2,3)15(6,7)14-10-12(4,5)8-9-13/h2-17H2,1H3,(H,19,20);13H,8-10H2,1-7H3/q;+1/p-1. The second-order valence-corrected chi connectivity index (χ2v) is 17.3. The Morgan fingerprint density at radius 2 is 1.17 bits per heavy atom. The zero-order valence-electron chi connectivity index (χ0n) is 25.1.